The second-order valence-corrected chi connectivity index (χ2v) is 7.28. The molecule has 1 aliphatic rings. The van der Waals surface area contributed by atoms with Crippen LogP contribution in [-0.2, 0) is 19.4 Å². The molecule has 0 fully saturated rings. The Hall–Kier alpha value is -1.32. The molecule has 0 saturated heterocycles. The summed E-state index contributed by atoms with van der Waals surface area (Å²) in [7, 11) is 0. The van der Waals surface area contributed by atoms with Crippen LogP contribution in [0.1, 0.15) is 37.6 Å². The van der Waals surface area contributed by atoms with Crippen molar-refractivity contribution in [3.63, 3.8) is 0 Å². The van der Waals surface area contributed by atoms with Gasteiger partial charge in [0.1, 0.15) is 0 Å². The van der Waals surface area contributed by atoms with Gasteiger partial charge in [-0.05, 0) is 48.9 Å². The molecular weight excluding hydrogens is 276 g/mol. The normalized spacial score (nSPS) is 16.2. The van der Waals surface area contributed by atoms with Crippen molar-refractivity contribution in [2.75, 3.05) is 6.54 Å². The number of benzene rings is 1. The molecule has 2 nitrogen and oxygen atoms in total. The Morgan fingerprint density at radius 2 is 2.14 bits per heavy atom. The predicted octanol–water partition coefficient (Wildman–Crippen LogP) is 4.71. The lowest BCUT2D eigenvalue weighted by atomic mass is 9.99. The van der Waals surface area contributed by atoms with E-state index in [9.17, 15) is 0 Å². The summed E-state index contributed by atoms with van der Waals surface area (Å²) in [4.78, 5) is 6.28. The van der Waals surface area contributed by atoms with Crippen LogP contribution >= 0.6 is 11.3 Å². The molecule has 3 heteroatoms. The topological polar surface area (TPSA) is 19.0 Å². The summed E-state index contributed by atoms with van der Waals surface area (Å²) in [6, 6.07) is 5.17. The molecule has 0 radical (unpaired) electrons. The number of hydrogen-bond donors (Lipinski definition) is 1. The average molecular weight is 298 g/mol. The lowest BCUT2D eigenvalue weighted by molar-refractivity contribution is 0.203. The van der Waals surface area contributed by atoms with Crippen LogP contribution in [0.4, 0.5) is 0 Å². The third-order valence-corrected chi connectivity index (χ3v) is 5.89. The quantitative estimate of drug-likeness (QED) is 0.726. The summed E-state index contributed by atoms with van der Waals surface area (Å²) in [5, 5.41) is 5.33. The second kappa shape index (κ2) is 4.85. The maximum Gasteiger partial charge on any atom is 0.0466 e. The minimum Gasteiger partial charge on any atom is -0.358 e. The van der Waals surface area contributed by atoms with Crippen molar-refractivity contribution >= 4 is 32.3 Å². The molecule has 0 spiro atoms. The van der Waals surface area contributed by atoms with E-state index < -0.39 is 0 Å². The van der Waals surface area contributed by atoms with Gasteiger partial charge in [0.2, 0.25) is 0 Å². The fraction of sp³-hybridized carbons (Fsp3) is 0.444. The maximum atomic E-state index is 3.69. The van der Waals surface area contributed by atoms with E-state index in [0.717, 1.165) is 19.4 Å². The minimum atomic E-state index is 0.621. The van der Waals surface area contributed by atoms with Gasteiger partial charge in [-0.3, -0.25) is 4.90 Å². The molecule has 21 heavy (non-hydrogen) atoms. The Labute approximate surface area is 129 Å². The Bertz CT molecular complexity index is 809. The summed E-state index contributed by atoms with van der Waals surface area (Å²) in [5.74, 6) is 0. The first-order valence-corrected chi connectivity index (χ1v) is 8.83. The van der Waals surface area contributed by atoms with Crippen LogP contribution < -0.4 is 0 Å². The Kier molecular flexibility index (Phi) is 3.09. The molecule has 2 aromatic heterocycles. The highest BCUT2D eigenvalue weighted by molar-refractivity contribution is 7.17. The van der Waals surface area contributed by atoms with Crippen LogP contribution in [0, 0.1) is 0 Å². The van der Waals surface area contributed by atoms with E-state index in [0.29, 0.717) is 6.04 Å². The number of hydrogen-bond acceptors (Lipinski definition) is 2. The smallest absolute Gasteiger partial charge is 0.0466 e. The first-order valence-electron chi connectivity index (χ1n) is 7.95. The van der Waals surface area contributed by atoms with Crippen LogP contribution in [0.15, 0.2) is 17.5 Å². The molecule has 1 aromatic carbocycles. The number of fused-ring (bicyclic) bond motifs is 5. The van der Waals surface area contributed by atoms with Gasteiger partial charge >= 0.3 is 0 Å². The van der Waals surface area contributed by atoms with E-state index in [1.165, 1.54) is 38.8 Å². The van der Waals surface area contributed by atoms with Crippen molar-refractivity contribution in [2.45, 2.75) is 46.2 Å². The average Bonchev–Trinajstić information content (AvgIpc) is 3.06. The number of rotatable bonds is 2. The van der Waals surface area contributed by atoms with Gasteiger partial charge in [0.05, 0.1) is 0 Å². The molecule has 0 unspecified atom stereocenters. The van der Waals surface area contributed by atoms with E-state index >= 15 is 0 Å². The largest absolute Gasteiger partial charge is 0.358 e. The molecule has 0 saturated carbocycles. The van der Waals surface area contributed by atoms with Gasteiger partial charge in [-0.2, -0.15) is 0 Å². The summed E-state index contributed by atoms with van der Waals surface area (Å²) in [5.41, 5.74) is 5.83. The van der Waals surface area contributed by atoms with Gasteiger partial charge in [-0.1, -0.05) is 6.92 Å². The first-order chi connectivity index (χ1) is 10.2. The fourth-order valence-corrected chi connectivity index (χ4v) is 4.68. The molecule has 0 bridgehead atoms. The predicted molar refractivity (Wildman–Crippen MR) is 92.3 cm³/mol. The van der Waals surface area contributed by atoms with Gasteiger partial charge in [-0.15, -0.1) is 11.3 Å². The number of nitrogens with zero attached hydrogens (tertiary/aromatic N) is 1. The summed E-state index contributed by atoms with van der Waals surface area (Å²) in [6.07, 6.45) is 2.27. The number of aryl methyl sites for hydroxylation is 1. The molecule has 0 aliphatic carbocycles. The van der Waals surface area contributed by atoms with Crippen LogP contribution in [-0.4, -0.2) is 22.5 Å². The monoisotopic (exact) mass is 298 g/mol. The highest BCUT2D eigenvalue weighted by Crippen LogP contribution is 2.38. The Morgan fingerprint density at radius 3 is 2.90 bits per heavy atom. The van der Waals surface area contributed by atoms with Gasteiger partial charge in [0.25, 0.3) is 0 Å². The van der Waals surface area contributed by atoms with Crippen molar-refractivity contribution in [3.05, 3.63) is 34.3 Å². The third-order valence-electron chi connectivity index (χ3n) is 4.89. The summed E-state index contributed by atoms with van der Waals surface area (Å²) >= 11 is 1.89. The zero-order chi connectivity index (χ0) is 14.6. The number of H-pyrrole nitrogens is 1. The van der Waals surface area contributed by atoms with Gasteiger partial charge < -0.3 is 4.98 Å². The molecule has 4 rings (SSSR count). The molecule has 1 aliphatic heterocycles. The van der Waals surface area contributed by atoms with Crippen molar-refractivity contribution in [3.8, 4) is 0 Å². The zero-order valence-electron chi connectivity index (χ0n) is 13.0. The number of thiophene rings is 1. The van der Waals surface area contributed by atoms with Crippen LogP contribution in [0.25, 0.3) is 21.0 Å². The summed E-state index contributed by atoms with van der Waals surface area (Å²) < 4.78 is 1.43. The first kappa shape index (κ1) is 13.4. The molecule has 1 N–H and O–H groups in total. The van der Waals surface area contributed by atoms with Crippen molar-refractivity contribution in [1.82, 2.24) is 9.88 Å². The molecule has 0 amide bonds. The second-order valence-electron chi connectivity index (χ2n) is 6.37. The summed E-state index contributed by atoms with van der Waals surface area (Å²) in [6.45, 7) is 9.13. The molecule has 110 valence electrons. The van der Waals surface area contributed by atoms with Crippen LogP contribution in [0.5, 0.6) is 0 Å². The number of aromatic nitrogens is 1. The minimum absolute atomic E-state index is 0.621. The Balaban J connectivity index is 2.01. The van der Waals surface area contributed by atoms with E-state index in [-0.39, 0.29) is 0 Å². The molecule has 0 atom stereocenters. The van der Waals surface area contributed by atoms with E-state index in [1.54, 1.807) is 5.56 Å². The van der Waals surface area contributed by atoms with Gasteiger partial charge in [0.15, 0.2) is 0 Å². The SMILES string of the molecule is CCc1csc2ccc3[nH]c4c(c3c12)CN(C(C)C)CC4. The molecule has 3 heterocycles. The lowest BCUT2D eigenvalue weighted by Gasteiger charge is -2.30. The van der Waals surface area contributed by atoms with E-state index in [1.807, 2.05) is 11.3 Å². The van der Waals surface area contributed by atoms with Crippen LogP contribution in [0.2, 0.25) is 0 Å². The maximum absolute atomic E-state index is 3.69. The highest BCUT2D eigenvalue weighted by atomic mass is 32.1. The zero-order valence-corrected chi connectivity index (χ0v) is 13.8. The molecular formula is C18H22N2S. The fourth-order valence-electron chi connectivity index (χ4n) is 3.63. The number of nitrogens with one attached hydrogen (secondary N) is 1. The van der Waals surface area contributed by atoms with Crippen molar-refractivity contribution < 1.29 is 0 Å². The lowest BCUT2D eigenvalue weighted by Crippen LogP contribution is -2.35. The van der Waals surface area contributed by atoms with Crippen LogP contribution in [0.3, 0.4) is 0 Å². The third kappa shape index (κ3) is 1.95. The van der Waals surface area contributed by atoms with Gasteiger partial charge in [-0.25, -0.2) is 0 Å². The van der Waals surface area contributed by atoms with Gasteiger partial charge in [0, 0.05) is 52.2 Å². The Morgan fingerprint density at radius 1 is 1.29 bits per heavy atom. The highest BCUT2D eigenvalue weighted by Gasteiger charge is 2.24. The number of aromatic amines is 1. The van der Waals surface area contributed by atoms with Crippen molar-refractivity contribution in [1.29, 1.82) is 0 Å². The van der Waals surface area contributed by atoms with Crippen molar-refractivity contribution in [2.24, 2.45) is 0 Å². The van der Waals surface area contributed by atoms with E-state index in [4.69, 9.17) is 0 Å². The standard InChI is InChI=1S/C18H22N2S/c1-4-12-10-21-16-6-5-15-18(17(12)16)13-9-20(11(2)3)8-7-14(13)19-15/h5-6,10-11,19H,4,7-9H2,1-3H3. The molecule has 3 aromatic rings. The van der Waals surface area contributed by atoms with E-state index in [2.05, 4.69) is 48.2 Å².